The van der Waals surface area contributed by atoms with Crippen LogP contribution in [0.15, 0.2) is 73.3 Å². The highest BCUT2D eigenvalue weighted by Crippen LogP contribution is 2.37. The Morgan fingerprint density at radius 3 is 2.52 bits per heavy atom. The largest absolute Gasteiger partial charge is 0.294 e. The van der Waals surface area contributed by atoms with Crippen LogP contribution in [-0.2, 0) is 0 Å². The molecule has 3 aromatic carbocycles. The number of nitrogens with zero attached hydrogens (tertiary/aromatic N) is 5. The fraction of sp³-hybridized carbons (Fsp3) is 0.174. The van der Waals surface area contributed by atoms with E-state index in [1.165, 1.54) is 11.9 Å². The highest BCUT2D eigenvalue weighted by Gasteiger charge is 2.30. The number of amides is 1. The molecule has 2 heterocycles. The quantitative estimate of drug-likeness (QED) is 0.522. The summed E-state index contributed by atoms with van der Waals surface area (Å²) in [5.74, 6) is 0.0670. The van der Waals surface area contributed by atoms with Gasteiger partial charge in [-0.1, -0.05) is 36.4 Å². The lowest BCUT2D eigenvalue weighted by Crippen LogP contribution is -2.39. The molecule has 0 aliphatic carbocycles. The molecule has 0 bridgehead atoms. The van der Waals surface area contributed by atoms with E-state index in [-0.39, 0.29) is 11.9 Å². The summed E-state index contributed by atoms with van der Waals surface area (Å²) < 4.78 is 1.74. The molecule has 5 rings (SSSR count). The lowest BCUT2D eigenvalue weighted by molar-refractivity contribution is 0.0972. The van der Waals surface area contributed by atoms with Crippen LogP contribution in [0.2, 0.25) is 0 Å². The summed E-state index contributed by atoms with van der Waals surface area (Å²) in [5, 5.41) is 6.32. The number of aromatic nitrogens is 3. The van der Waals surface area contributed by atoms with Crippen molar-refractivity contribution in [3.63, 3.8) is 0 Å². The third-order valence-corrected chi connectivity index (χ3v) is 5.73. The van der Waals surface area contributed by atoms with E-state index in [1.54, 1.807) is 11.0 Å². The average Bonchev–Trinajstić information content (AvgIpc) is 3.38. The molecule has 1 aromatic heterocycles. The van der Waals surface area contributed by atoms with Crippen molar-refractivity contribution in [2.24, 2.45) is 0 Å². The Bertz CT molecular complexity index is 1180. The van der Waals surface area contributed by atoms with Crippen LogP contribution in [0.4, 0.5) is 5.69 Å². The third-order valence-electron chi connectivity index (χ3n) is 5.73. The number of anilines is 1. The first-order valence-corrected chi connectivity index (χ1v) is 9.62. The maximum atomic E-state index is 13.0. The smallest absolute Gasteiger partial charge is 0.260 e. The molecule has 1 aliphatic rings. The molecule has 0 N–H and O–H groups in total. The van der Waals surface area contributed by atoms with Gasteiger partial charge in [0, 0.05) is 17.0 Å². The minimum absolute atomic E-state index is 0.0670. The molecule has 144 valence electrons. The van der Waals surface area contributed by atoms with Crippen LogP contribution in [0, 0.1) is 0 Å². The summed E-state index contributed by atoms with van der Waals surface area (Å²) in [6, 6.07) is 20.4. The normalized spacial score (nSPS) is 14.2. The molecular formula is C23H21N5O. The SMILES string of the molecule is C[C@H](c1ccc(-n2cncn2)cc1)N(C)CN1C(=O)c2cccc3cccc1c23. The van der Waals surface area contributed by atoms with Crippen molar-refractivity contribution in [1.82, 2.24) is 19.7 Å². The van der Waals surface area contributed by atoms with Gasteiger partial charge in [0.2, 0.25) is 0 Å². The fourth-order valence-corrected chi connectivity index (χ4v) is 3.97. The van der Waals surface area contributed by atoms with Gasteiger partial charge in [-0.05, 0) is 49.2 Å². The van der Waals surface area contributed by atoms with Gasteiger partial charge in [0.25, 0.3) is 5.91 Å². The molecule has 6 heteroatoms. The topological polar surface area (TPSA) is 54.3 Å². The van der Waals surface area contributed by atoms with E-state index in [2.05, 4.69) is 46.2 Å². The van der Waals surface area contributed by atoms with Gasteiger partial charge in [-0.2, -0.15) is 5.10 Å². The summed E-state index contributed by atoms with van der Waals surface area (Å²) in [6.07, 6.45) is 3.21. The first-order chi connectivity index (χ1) is 14.1. The van der Waals surface area contributed by atoms with Crippen molar-refractivity contribution < 1.29 is 4.79 Å². The number of carbonyl (C=O) groups excluding carboxylic acids is 1. The molecular weight excluding hydrogens is 362 g/mol. The monoisotopic (exact) mass is 383 g/mol. The Morgan fingerprint density at radius 1 is 1.03 bits per heavy atom. The summed E-state index contributed by atoms with van der Waals surface area (Å²) in [5.41, 5.74) is 3.93. The molecule has 0 fully saturated rings. The van der Waals surface area contributed by atoms with Crippen LogP contribution in [0.5, 0.6) is 0 Å². The molecule has 0 saturated heterocycles. The van der Waals surface area contributed by atoms with Crippen molar-refractivity contribution in [1.29, 1.82) is 0 Å². The maximum absolute atomic E-state index is 13.0. The van der Waals surface area contributed by atoms with Crippen LogP contribution in [0.3, 0.4) is 0 Å². The van der Waals surface area contributed by atoms with Gasteiger partial charge >= 0.3 is 0 Å². The highest BCUT2D eigenvalue weighted by molar-refractivity contribution is 6.24. The molecule has 0 saturated carbocycles. The number of hydrogen-bond donors (Lipinski definition) is 0. The molecule has 1 aliphatic heterocycles. The van der Waals surface area contributed by atoms with Crippen LogP contribution in [0.25, 0.3) is 16.5 Å². The molecule has 1 atom stereocenters. The number of rotatable bonds is 5. The van der Waals surface area contributed by atoms with E-state index in [1.807, 2.05) is 48.3 Å². The zero-order chi connectivity index (χ0) is 20.0. The minimum Gasteiger partial charge on any atom is -0.294 e. The van der Waals surface area contributed by atoms with E-state index >= 15 is 0 Å². The average molecular weight is 383 g/mol. The van der Waals surface area contributed by atoms with Crippen molar-refractivity contribution in [3.8, 4) is 5.69 Å². The molecule has 29 heavy (non-hydrogen) atoms. The molecule has 4 aromatic rings. The van der Waals surface area contributed by atoms with Gasteiger partial charge in [-0.15, -0.1) is 0 Å². The Kier molecular flexibility index (Phi) is 4.14. The van der Waals surface area contributed by atoms with Crippen LogP contribution >= 0.6 is 0 Å². The summed E-state index contributed by atoms with van der Waals surface area (Å²) >= 11 is 0. The van der Waals surface area contributed by atoms with Gasteiger partial charge in [-0.3, -0.25) is 14.6 Å². The summed E-state index contributed by atoms with van der Waals surface area (Å²) in [4.78, 5) is 21.1. The molecule has 0 spiro atoms. The second-order valence-electron chi connectivity index (χ2n) is 7.42. The van der Waals surface area contributed by atoms with Gasteiger partial charge in [0.15, 0.2) is 0 Å². The van der Waals surface area contributed by atoms with Crippen molar-refractivity contribution in [2.75, 3.05) is 18.6 Å². The van der Waals surface area contributed by atoms with Gasteiger partial charge in [0.05, 0.1) is 18.0 Å². The van der Waals surface area contributed by atoms with Crippen molar-refractivity contribution >= 4 is 22.4 Å². The third kappa shape index (κ3) is 2.89. The van der Waals surface area contributed by atoms with E-state index in [0.717, 1.165) is 27.7 Å². The summed E-state index contributed by atoms with van der Waals surface area (Å²) in [7, 11) is 2.05. The molecule has 0 radical (unpaired) electrons. The second-order valence-corrected chi connectivity index (χ2v) is 7.42. The first-order valence-electron chi connectivity index (χ1n) is 9.62. The predicted octanol–water partition coefficient (Wildman–Crippen LogP) is 4.03. The van der Waals surface area contributed by atoms with Gasteiger partial charge in [-0.25, -0.2) is 9.67 Å². The lowest BCUT2D eigenvalue weighted by Gasteiger charge is -2.30. The number of benzene rings is 3. The van der Waals surface area contributed by atoms with Crippen LogP contribution in [-0.4, -0.2) is 39.3 Å². The van der Waals surface area contributed by atoms with Crippen LogP contribution in [0.1, 0.15) is 28.9 Å². The Hall–Kier alpha value is -3.51. The fourth-order valence-electron chi connectivity index (χ4n) is 3.97. The molecule has 1 amide bonds. The van der Waals surface area contributed by atoms with Crippen molar-refractivity contribution in [2.45, 2.75) is 13.0 Å². The van der Waals surface area contributed by atoms with E-state index in [9.17, 15) is 4.79 Å². The van der Waals surface area contributed by atoms with E-state index in [0.29, 0.717) is 6.67 Å². The highest BCUT2D eigenvalue weighted by atomic mass is 16.2. The Morgan fingerprint density at radius 2 is 1.79 bits per heavy atom. The molecule has 6 nitrogen and oxygen atoms in total. The van der Waals surface area contributed by atoms with Crippen molar-refractivity contribution in [3.05, 3.63) is 84.4 Å². The second kappa shape index (κ2) is 6.83. The zero-order valence-corrected chi connectivity index (χ0v) is 16.4. The Balaban J connectivity index is 1.37. The Labute approximate surface area is 169 Å². The van der Waals surface area contributed by atoms with Crippen LogP contribution < -0.4 is 4.90 Å². The standard InChI is InChI=1S/C23H21N5O/c1-16(17-9-11-19(12-10-17)28-14-24-13-25-28)26(2)15-27-21-8-4-6-18-5-3-7-20(22(18)21)23(27)29/h3-14,16H,15H2,1-2H3/t16-/m1/s1. The minimum atomic E-state index is 0.0670. The van der Waals surface area contributed by atoms with E-state index in [4.69, 9.17) is 0 Å². The summed E-state index contributed by atoms with van der Waals surface area (Å²) in [6.45, 7) is 2.68. The lowest BCUT2D eigenvalue weighted by atomic mass is 10.1. The predicted molar refractivity (Wildman–Crippen MR) is 113 cm³/mol. The first kappa shape index (κ1) is 17.6. The molecule has 0 unspecified atom stereocenters. The van der Waals surface area contributed by atoms with Gasteiger partial charge < -0.3 is 0 Å². The van der Waals surface area contributed by atoms with Gasteiger partial charge in [0.1, 0.15) is 12.7 Å². The number of hydrogen-bond acceptors (Lipinski definition) is 4. The zero-order valence-electron chi connectivity index (χ0n) is 16.4. The maximum Gasteiger partial charge on any atom is 0.260 e. The van der Waals surface area contributed by atoms with E-state index < -0.39 is 0 Å². The number of carbonyl (C=O) groups is 1.